The Morgan fingerprint density at radius 3 is 2.71 bits per heavy atom. The topological polar surface area (TPSA) is 79.3 Å². The molecule has 2 bridgehead atoms. The molecule has 0 radical (unpaired) electrons. The minimum Gasteiger partial charge on any atom is -0.469 e. The van der Waals surface area contributed by atoms with Gasteiger partial charge in [-0.05, 0) is 39.1 Å². The van der Waals surface area contributed by atoms with Crippen LogP contribution in [0.5, 0.6) is 0 Å². The number of hydrogen-bond donors (Lipinski definition) is 0. The van der Waals surface area contributed by atoms with Crippen molar-refractivity contribution in [3.8, 4) is 0 Å². The molecule has 0 aromatic rings. The number of fused-ring (bicyclic) bond motifs is 3. The normalized spacial score (nSPS) is 38.0. The first-order chi connectivity index (χ1) is 13.2. The first-order valence-corrected chi connectivity index (χ1v) is 11.2. The Morgan fingerprint density at radius 2 is 2.11 bits per heavy atom. The van der Waals surface area contributed by atoms with Crippen LogP contribution < -0.4 is 0 Å². The third-order valence-electron chi connectivity index (χ3n) is 5.97. The van der Waals surface area contributed by atoms with E-state index in [1.54, 1.807) is 35.9 Å². The molecule has 1 spiro atoms. The number of rotatable bonds is 4. The lowest BCUT2D eigenvalue weighted by Gasteiger charge is -2.42. The molecule has 28 heavy (non-hydrogen) atoms. The smallest absolute Gasteiger partial charge is 0.314 e. The number of amides is 2. The lowest BCUT2D eigenvalue weighted by molar-refractivity contribution is -0.153. The number of esters is 1. The van der Waals surface area contributed by atoms with Gasteiger partial charge in [-0.25, -0.2) is 0 Å². The van der Waals surface area contributed by atoms with E-state index in [-0.39, 0.29) is 29.5 Å². The van der Waals surface area contributed by atoms with Crippen molar-refractivity contribution in [3.63, 3.8) is 0 Å². The van der Waals surface area contributed by atoms with E-state index in [9.17, 15) is 14.4 Å². The highest BCUT2D eigenvalue weighted by Crippen LogP contribution is 2.63. The van der Waals surface area contributed by atoms with Crippen LogP contribution in [0.1, 0.15) is 27.2 Å². The monoisotopic (exact) mass is 423 g/mol. The number of likely N-dealkylation sites (N-methyl/N-ethyl adjacent to an activating group) is 1. The van der Waals surface area contributed by atoms with Crippen molar-refractivity contribution in [1.29, 1.82) is 0 Å². The van der Waals surface area contributed by atoms with Gasteiger partial charge in [0.1, 0.15) is 5.25 Å². The van der Waals surface area contributed by atoms with Crippen molar-refractivity contribution in [3.05, 3.63) is 23.9 Å². The van der Waals surface area contributed by atoms with Crippen molar-refractivity contribution < 1.29 is 19.1 Å². The second-order valence-corrected chi connectivity index (χ2v) is 10.3. The largest absolute Gasteiger partial charge is 0.469 e. The zero-order valence-corrected chi connectivity index (χ0v) is 18.3. The summed E-state index contributed by atoms with van der Waals surface area (Å²) in [4.78, 5) is 45.7. The molecule has 2 amide bonds. The average Bonchev–Trinajstić information content (AvgIpc) is 2.91. The number of carbonyl (C=O) groups is 3. The summed E-state index contributed by atoms with van der Waals surface area (Å²) in [6.07, 6.45) is 5.26. The highest BCUT2D eigenvalue weighted by molar-refractivity contribution is 8.77. The lowest BCUT2D eigenvalue weighted by Crippen LogP contribution is -2.57. The molecule has 4 fully saturated rings. The fourth-order valence-corrected chi connectivity index (χ4v) is 8.29. The summed E-state index contributed by atoms with van der Waals surface area (Å²) in [5.74, 6) is -0.673. The predicted octanol–water partition coefficient (Wildman–Crippen LogP) is 2.25. The number of hydrogen-bond acceptors (Lipinski definition) is 7. The van der Waals surface area contributed by atoms with Crippen molar-refractivity contribution >= 4 is 46.1 Å². The maximum absolute atomic E-state index is 13.5. The average molecular weight is 424 g/mol. The van der Waals surface area contributed by atoms with Gasteiger partial charge in [-0.3, -0.25) is 19.4 Å². The van der Waals surface area contributed by atoms with E-state index in [2.05, 4.69) is 11.7 Å². The number of allylic oxidation sites excluding steroid dienone is 2. The second-order valence-electron chi connectivity index (χ2n) is 7.67. The van der Waals surface area contributed by atoms with Crippen LogP contribution in [0, 0.1) is 5.41 Å². The fourth-order valence-electron chi connectivity index (χ4n) is 4.49. The maximum Gasteiger partial charge on any atom is 0.314 e. The predicted molar refractivity (Wildman–Crippen MR) is 112 cm³/mol. The first kappa shape index (κ1) is 21.0. The summed E-state index contributed by atoms with van der Waals surface area (Å²) in [6.45, 7) is 8.95. The first-order valence-electron chi connectivity index (χ1n) is 8.98. The van der Waals surface area contributed by atoms with E-state index in [4.69, 9.17) is 4.74 Å². The number of nitrogens with zero attached hydrogens (tertiary/aromatic N) is 3. The molecule has 152 valence electrons. The zero-order chi connectivity index (χ0) is 20.9. The van der Waals surface area contributed by atoms with Gasteiger partial charge in [0.2, 0.25) is 5.91 Å². The van der Waals surface area contributed by atoms with Crippen LogP contribution in [0.25, 0.3) is 0 Å². The van der Waals surface area contributed by atoms with E-state index < -0.39 is 22.3 Å². The zero-order valence-electron chi connectivity index (χ0n) is 16.7. The van der Waals surface area contributed by atoms with E-state index in [1.165, 1.54) is 34.9 Å². The number of ether oxygens (including phenoxy) is 1. The highest BCUT2D eigenvalue weighted by Gasteiger charge is 2.71. The van der Waals surface area contributed by atoms with Crippen molar-refractivity contribution in [2.24, 2.45) is 10.4 Å². The second kappa shape index (κ2) is 7.26. The molecule has 5 atom stereocenters. The minimum absolute atomic E-state index is 0.106. The van der Waals surface area contributed by atoms with Gasteiger partial charge in [0.25, 0.3) is 5.91 Å². The Hall–Kier alpha value is -1.74. The van der Waals surface area contributed by atoms with Gasteiger partial charge in [-0.2, -0.15) is 0 Å². The summed E-state index contributed by atoms with van der Waals surface area (Å²) in [7, 11) is 5.90. The van der Waals surface area contributed by atoms with Gasteiger partial charge in [-0.15, -0.1) is 0 Å². The molecule has 3 unspecified atom stereocenters. The molecule has 7 nitrogen and oxygen atoms in total. The molecule has 0 N–H and O–H groups in total. The molecule has 0 saturated carbocycles. The van der Waals surface area contributed by atoms with E-state index in [1.807, 2.05) is 13.8 Å². The Balaban J connectivity index is 2.21. The van der Waals surface area contributed by atoms with Gasteiger partial charge >= 0.3 is 5.97 Å². The Morgan fingerprint density at radius 1 is 1.43 bits per heavy atom. The van der Waals surface area contributed by atoms with Gasteiger partial charge in [0.05, 0.1) is 24.6 Å². The molecule has 4 rings (SSSR count). The summed E-state index contributed by atoms with van der Waals surface area (Å²) >= 11 is 0. The minimum atomic E-state index is -1.12. The van der Waals surface area contributed by atoms with Gasteiger partial charge < -0.3 is 14.5 Å². The van der Waals surface area contributed by atoms with E-state index in [0.29, 0.717) is 0 Å². The fraction of sp³-hybridized carbons (Fsp3) is 0.579. The molecule has 9 heteroatoms. The van der Waals surface area contributed by atoms with E-state index in [0.717, 1.165) is 5.57 Å². The summed E-state index contributed by atoms with van der Waals surface area (Å²) in [5, 5.41) is -0.379. The standard InChI is InChI=1S/C19H25N3O4S2/c1-11(8-7-9-20-4)14-18(3,17(25)26-6)10-19-16(24)21(5)12(2)13(27-28-19)15(23)22(14)19/h7-9,12-14H,4,10H2,1-3,5-6H3/b9-7-,11-8+/t12-,13?,14?,18-,19?/m0/s1. The van der Waals surface area contributed by atoms with Crippen LogP contribution in [0.3, 0.4) is 0 Å². The Labute approximate surface area is 173 Å². The molecular formula is C19H25N3O4S2. The molecule has 4 saturated heterocycles. The Kier molecular flexibility index (Phi) is 5.44. The SMILES string of the molecule is C=N/C=C\C=C(/C)C1N2C(=O)C3SSC2(C[C@]1(C)C(=O)OC)C(=O)N(C)[C@H]3C. The lowest BCUT2D eigenvalue weighted by atomic mass is 9.78. The third kappa shape index (κ3) is 2.74. The van der Waals surface area contributed by atoms with Crippen LogP contribution in [-0.2, 0) is 19.1 Å². The quantitative estimate of drug-likeness (QED) is 0.299. The molecule has 4 aliphatic rings. The molecule has 4 aliphatic heterocycles. The molecule has 0 aromatic carbocycles. The van der Waals surface area contributed by atoms with Gasteiger partial charge in [0, 0.05) is 19.7 Å². The van der Waals surface area contributed by atoms with E-state index >= 15 is 0 Å². The van der Waals surface area contributed by atoms with Crippen LogP contribution in [-0.4, -0.2) is 70.7 Å². The van der Waals surface area contributed by atoms with Crippen LogP contribution in [0.4, 0.5) is 0 Å². The molecule has 4 heterocycles. The van der Waals surface area contributed by atoms with Crippen LogP contribution in [0.15, 0.2) is 28.9 Å². The van der Waals surface area contributed by atoms with Gasteiger partial charge in [0.15, 0.2) is 4.87 Å². The van der Waals surface area contributed by atoms with Crippen LogP contribution >= 0.6 is 21.6 Å². The summed E-state index contributed by atoms with van der Waals surface area (Å²) in [6, 6.07) is -0.804. The van der Waals surface area contributed by atoms with Gasteiger partial charge in [-0.1, -0.05) is 27.7 Å². The summed E-state index contributed by atoms with van der Waals surface area (Å²) < 4.78 is 5.11. The molecule has 0 aliphatic carbocycles. The summed E-state index contributed by atoms with van der Waals surface area (Å²) in [5.41, 5.74) is -0.251. The highest BCUT2D eigenvalue weighted by atomic mass is 33.1. The molecular weight excluding hydrogens is 398 g/mol. The van der Waals surface area contributed by atoms with Crippen LogP contribution in [0.2, 0.25) is 0 Å². The molecule has 0 aromatic heterocycles. The Bertz CT molecular complexity index is 798. The van der Waals surface area contributed by atoms with Crippen molar-refractivity contribution in [2.75, 3.05) is 14.2 Å². The number of methoxy groups -OCH3 is 1. The third-order valence-corrected chi connectivity index (χ3v) is 9.39. The number of aliphatic imine (C=N–C) groups is 1. The maximum atomic E-state index is 13.5. The number of carbonyl (C=O) groups excluding carboxylic acids is 3. The van der Waals surface area contributed by atoms with Crippen molar-refractivity contribution in [2.45, 2.75) is 49.4 Å². The van der Waals surface area contributed by atoms with Crippen molar-refractivity contribution in [1.82, 2.24) is 9.80 Å².